The smallest absolute Gasteiger partial charge is 0.257 e. The summed E-state index contributed by atoms with van der Waals surface area (Å²) in [5.41, 5.74) is 1.05. The monoisotopic (exact) mass is 534 g/mol. The topological polar surface area (TPSA) is 74.8 Å². The van der Waals surface area contributed by atoms with Crippen molar-refractivity contribution in [2.24, 2.45) is 4.99 Å². The minimum atomic E-state index is -0.111. The van der Waals surface area contributed by atoms with Crippen molar-refractivity contribution in [1.82, 2.24) is 16.0 Å². The zero-order valence-electron chi connectivity index (χ0n) is 17.7. The second-order valence-electron chi connectivity index (χ2n) is 6.82. The van der Waals surface area contributed by atoms with Gasteiger partial charge >= 0.3 is 0 Å². The number of hydrogen-bond donors (Lipinski definition) is 3. The van der Waals surface area contributed by atoms with E-state index in [9.17, 15) is 4.79 Å². The van der Waals surface area contributed by atoms with E-state index in [1.165, 1.54) is 25.0 Å². The molecule has 0 saturated heterocycles. The van der Waals surface area contributed by atoms with Crippen molar-refractivity contribution >= 4 is 47.6 Å². The Morgan fingerprint density at radius 1 is 1.21 bits per heavy atom. The number of carbonyl (C=O) groups excluding carboxylic acids is 1. The van der Waals surface area contributed by atoms with Crippen LogP contribution in [0.3, 0.4) is 0 Å². The Labute approximate surface area is 196 Å². The van der Waals surface area contributed by atoms with Crippen LogP contribution >= 0.6 is 35.7 Å². The highest BCUT2D eigenvalue weighted by atomic mass is 127. The Bertz CT molecular complexity index is 645. The van der Waals surface area contributed by atoms with Gasteiger partial charge in [0.05, 0.1) is 6.54 Å². The van der Waals surface area contributed by atoms with Gasteiger partial charge in [-0.15, -0.1) is 24.0 Å². The van der Waals surface area contributed by atoms with Crippen LogP contribution in [0.4, 0.5) is 0 Å². The summed E-state index contributed by atoms with van der Waals surface area (Å²) in [7, 11) is 0. The lowest BCUT2D eigenvalue weighted by Gasteiger charge is -2.17. The first kappa shape index (κ1) is 25.9. The molecule has 1 aromatic rings. The standard InChI is InChI=1S/C21H34N4O2S.HI/c1-4-22-20(26)15-27-18-9-7-8-16(12-18)14-24-21(23-5-2)25-17-10-11-19(13-17)28-6-3;/h7-9,12,17,19H,4-6,10-11,13-15H2,1-3H3,(H,22,26)(H2,23,24,25);1H. The summed E-state index contributed by atoms with van der Waals surface area (Å²) in [6.45, 7) is 8.23. The zero-order chi connectivity index (χ0) is 20.2. The highest BCUT2D eigenvalue weighted by molar-refractivity contribution is 14.0. The number of nitrogens with one attached hydrogen (secondary N) is 3. The lowest BCUT2D eigenvalue weighted by atomic mass is 10.2. The Morgan fingerprint density at radius 3 is 2.72 bits per heavy atom. The number of benzene rings is 1. The van der Waals surface area contributed by atoms with Crippen molar-refractivity contribution in [3.8, 4) is 5.75 Å². The lowest BCUT2D eigenvalue weighted by Crippen LogP contribution is -2.42. The minimum absolute atomic E-state index is 0. The molecule has 2 unspecified atom stereocenters. The summed E-state index contributed by atoms with van der Waals surface area (Å²) < 4.78 is 5.56. The molecular weight excluding hydrogens is 499 g/mol. The van der Waals surface area contributed by atoms with Gasteiger partial charge in [0.15, 0.2) is 12.6 Å². The van der Waals surface area contributed by atoms with E-state index in [-0.39, 0.29) is 36.5 Å². The van der Waals surface area contributed by atoms with Gasteiger partial charge in [-0.25, -0.2) is 4.99 Å². The molecule has 8 heteroatoms. The highest BCUT2D eigenvalue weighted by Gasteiger charge is 2.25. The van der Waals surface area contributed by atoms with Gasteiger partial charge in [0.25, 0.3) is 5.91 Å². The molecule has 0 bridgehead atoms. The first-order chi connectivity index (χ1) is 13.6. The molecule has 0 aromatic heterocycles. The predicted molar refractivity (Wildman–Crippen MR) is 134 cm³/mol. The molecule has 0 radical (unpaired) electrons. The van der Waals surface area contributed by atoms with Gasteiger partial charge in [0.2, 0.25) is 0 Å². The fourth-order valence-corrected chi connectivity index (χ4v) is 4.42. The van der Waals surface area contributed by atoms with Crippen molar-refractivity contribution in [3.63, 3.8) is 0 Å². The van der Waals surface area contributed by atoms with Crippen molar-refractivity contribution in [2.75, 3.05) is 25.4 Å². The summed E-state index contributed by atoms with van der Waals surface area (Å²) in [4.78, 5) is 16.3. The molecule has 1 aliphatic carbocycles. The molecule has 29 heavy (non-hydrogen) atoms. The van der Waals surface area contributed by atoms with Gasteiger partial charge in [0.1, 0.15) is 5.75 Å². The number of thioether (sulfide) groups is 1. The van der Waals surface area contributed by atoms with Gasteiger partial charge in [-0.2, -0.15) is 11.8 Å². The van der Waals surface area contributed by atoms with Crippen LogP contribution in [0.2, 0.25) is 0 Å². The van der Waals surface area contributed by atoms with Crippen molar-refractivity contribution < 1.29 is 9.53 Å². The first-order valence-electron chi connectivity index (χ1n) is 10.3. The van der Waals surface area contributed by atoms with E-state index < -0.39 is 0 Å². The molecule has 1 aromatic carbocycles. The Hall–Kier alpha value is -1.16. The fourth-order valence-electron chi connectivity index (χ4n) is 3.27. The molecule has 6 nitrogen and oxygen atoms in total. The van der Waals surface area contributed by atoms with Crippen LogP contribution < -0.4 is 20.7 Å². The number of amides is 1. The number of likely N-dealkylation sites (N-methyl/N-ethyl adjacent to an activating group) is 1. The molecule has 1 amide bonds. The molecule has 1 fully saturated rings. The maximum Gasteiger partial charge on any atom is 0.257 e. The average Bonchev–Trinajstić information content (AvgIpc) is 3.12. The van der Waals surface area contributed by atoms with Crippen LogP contribution in [0.15, 0.2) is 29.3 Å². The van der Waals surface area contributed by atoms with E-state index in [0.717, 1.165) is 23.3 Å². The summed E-state index contributed by atoms with van der Waals surface area (Å²) in [5.74, 6) is 2.63. The molecule has 2 rings (SSSR count). The van der Waals surface area contributed by atoms with Gasteiger partial charge < -0.3 is 20.7 Å². The van der Waals surface area contributed by atoms with Gasteiger partial charge in [-0.3, -0.25) is 4.79 Å². The van der Waals surface area contributed by atoms with Crippen molar-refractivity contribution in [2.45, 2.75) is 57.9 Å². The predicted octanol–water partition coefficient (Wildman–Crippen LogP) is 3.55. The molecular formula is C21H35IN4O2S. The first-order valence-corrected chi connectivity index (χ1v) is 11.3. The summed E-state index contributed by atoms with van der Waals surface area (Å²) in [6.07, 6.45) is 3.68. The van der Waals surface area contributed by atoms with E-state index in [0.29, 0.717) is 24.9 Å². The maximum atomic E-state index is 11.5. The van der Waals surface area contributed by atoms with Crippen LogP contribution in [-0.4, -0.2) is 48.6 Å². The van der Waals surface area contributed by atoms with Gasteiger partial charge in [-0.05, 0) is 56.6 Å². The molecule has 0 heterocycles. The Kier molecular flexibility index (Phi) is 13.2. The summed E-state index contributed by atoms with van der Waals surface area (Å²) in [5, 5.41) is 10.4. The summed E-state index contributed by atoms with van der Waals surface area (Å²) >= 11 is 2.06. The van der Waals surface area contributed by atoms with E-state index >= 15 is 0 Å². The zero-order valence-corrected chi connectivity index (χ0v) is 20.8. The third-order valence-corrected chi connectivity index (χ3v) is 5.77. The molecule has 3 N–H and O–H groups in total. The third kappa shape index (κ3) is 9.93. The van der Waals surface area contributed by atoms with Crippen LogP contribution in [-0.2, 0) is 11.3 Å². The van der Waals surface area contributed by atoms with E-state index in [1.807, 2.05) is 31.2 Å². The van der Waals surface area contributed by atoms with E-state index in [1.54, 1.807) is 0 Å². The molecule has 1 aliphatic rings. The highest BCUT2D eigenvalue weighted by Crippen LogP contribution is 2.29. The van der Waals surface area contributed by atoms with Gasteiger partial charge in [-0.1, -0.05) is 19.1 Å². The van der Waals surface area contributed by atoms with Crippen LogP contribution in [0.5, 0.6) is 5.75 Å². The normalized spacial score (nSPS) is 18.7. The molecule has 0 aliphatic heterocycles. The Morgan fingerprint density at radius 2 is 2.00 bits per heavy atom. The molecule has 164 valence electrons. The maximum absolute atomic E-state index is 11.5. The molecule has 1 saturated carbocycles. The number of hydrogen-bond acceptors (Lipinski definition) is 4. The van der Waals surface area contributed by atoms with Crippen LogP contribution in [0.25, 0.3) is 0 Å². The molecule has 0 spiro atoms. The Balaban J connectivity index is 0.00000420. The van der Waals surface area contributed by atoms with E-state index in [4.69, 9.17) is 9.73 Å². The number of halogens is 1. The summed E-state index contributed by atoms with van der Waals surface area (Å²) in [6, 6.07) is 8.25. The average molecular weight is 535 g/mol. The van der Waals surface area contributed by atoms with Gasteiger partial charge in [0, 0.05) is 24.4 Å². The number of nitrogens with zero attached hydrogens (tertiary/aromatic N) is 1. The largest absolute Gasteiger partial charge is 0.484 e. The number of aliphatic imine (C=N–C) groups is 1. The van der Waals surface area contributed by atoms with Crippen LogP contribution in [0.1, 0.15) is 45.6 Å². The number of guanidine groups is 1. The van der Waals surface area contributed by atoms with Crippen molar-refractivity contribution in [1.29, 1.82) is 0 Å². The van der Waals surface area contributed by atoms with Crippen molar-refractivity contribution in [3.05, 3.63) is 29.8 Å². The number of rotatable bonds is 10. The minimum Gasteiger partial charge on any atom is -0.484 e. The van der Waals surface area contributed by atoms with E-state index in [2.05, 4.69) is 41.6 Å². The second kappa shape index (κ2) is 14.8. The second-order valence-corrected chi connectivity index (χ2v) is 8.39. The quantitative estimate of drug-likeness (QED) is 0.243. The third-order valence-electron chi connectivity index (χ3n) is 4.53. The number of carbonyl (C=O) groups is 1. The number of ether oxygens (including phenoxy) is 1. The molecule has 2 atom stereocenters. The lowest BCUT2D eigenvalue weighted by molar-refractivity contribution is -0.122. The SMILES string of the molecule is CCNC(=O)COc1cccc(CN=C(NCC)NC2CCC(SCC)C2)c1.I. The fraction of sp³-hybridized carbons (Fsp3) is 0.619. The van der Waals surface area contributed by atoms with Crippen LogP contribution in [0, 0.1) is 0 Å².